The number of methoxy groups -OCH3 is 1. The van der Waals surface area contributed by atoms with E-state index < -0.39 is 0 Å². The maximum Gasteiger partial charge on any atom is 0.160 e. The van der Waals surface area contributed by atoms with E-state index in [4.69, 9.17) is 14.2 Å². The first-order chi connectivity index (χ1) is 11.9. The standard InChI is InChI=1S/C21H36O3/c1-3-4-5-6-7-8-9-13-18-23-21(24-19-22-2)17-16-20-14-11-10-12-15-20/h10-12,14-15,21H,3-9,13,16-19H2,1-2H3. The fourth-order valence-corrected chi connectivity index (χ4v) is 2.74. The van der Waals surface area contributed by atoms with Gasteiger partial charge in [-0.2, -0.15) is 0 Å². The molecule has 0 radical (unpaired) electrons. The second-order valence-corrected chi connectivity index (χ2v) is 6.37. The van der Waals surface area contributed by atoms with E-state index in [1.807, 2.05) is 6.07 Å². The zero-order valence-electron chi connectivity index (χ0n) is 15.7. The quantitative estimate of drug-likeness (QED) is 0.285. The molecule has 0 aliphatic rings. The highest BCUT2D eigenvalue weighted by Crippen LogP contribution is 2.11. The molecule has 1 rings (SSSR count). The SMILES string of the molecule is CCCCCCCCCCOC(CCc1ccccc1)OCOC. The number of aryl methyl sites for hydroxylation is 1. The Kier molecular flexibility index (Phi) is 13.8. The van der Waals surface area contributed by atoms with Crippen LogP contribution in [0.1, 0.15) is 70.3 Å². The molecule has 0 heterocycles. The molecule has 1 aromatic rings. The topological polar surface area (TPSA) is 27.7 Å². The van der Waals surface area contributed by atoms with E-state index in [0.717, 1.165) is 25.9 Å². The highest BCUT2D eigenvalue weighted by molar-refractivity contribution is 5.14. The zero-order valence-corrected chi connectivity index (χ0v) is 15.7. The zero-order chi connectivity index (χ0) is 17.3. The van der Waals surface area contributed by atoms with E-state index >= 15 is 0 Å². The highest BCUT2D eigenvalue weighted by atomic mass is 16.7. The van der Waals surface area contributed by atoms with Crippen molar-refractivity contribution in [2.24, 2.45) is 0 Å². The summed E-state index contributed by atoms with van der Waals surface area (Å²) in [7, 11) is 1.65. The molecule has 138 valence electrons. The number of ether oxygens (including phenoxy) is 3. The van der Waals surface area contributed by atoms with E-state index in [-0.39, 0.29) is 13.1 Å². The maximum atomic E-state index is 5.91. The molecule has 3 nitrogen and oxygen atoms in total. The molecule has 0 saturated heterocycles. The molecular formula is C21H36O3. The summed E-state index contributed by atoms with van der Waals surface area (Å²) in [5.41, 5.74) is 1.32. The molecule has 0 bridgehead atoms. The molecule has 1 atom stereocenters. The average Bonchev–Trinajstić information content (AvgIpc) is 2.62. The largest absolute Gasteiger partial charge is 0.359 e. The normalized spacial score (nSPS) is 12.4. The number of hydrogen-bond acceptors (Lipinski definition) is 3. The third-order valence-corrected chi connectivity index (χ3v) is 4.18. The van der Waals surface area contributed by atoms with E-state index in [0.29, 0.717) is 0 Å². The lowest BCUT2D eigenvalue weighted by Gasteiger charge is -2.18. The Balaban J connectivity index is 2.09. The molecule has 0 N–H and O–H groups in total. The Morgan fingerprint density at radius 1 is 0.833 bits per heavy atom. The monoisotopic (exact) mass is 336 g/mol. The van der Waals surface area contributed by atoms with Crippen molar-refractivity contribution in [3.05, 3.63) is 35.9 Å². The summed E-state index contributed by atoms with van der Waals surface area (Å²) >= 11 is 0. The van der Waals surface area contributed by atoms with Crippen LogP contribution in [0.4, 0.5) is 0 Å². The molecule has 3 heteroatoms. The summed E-state index contributed by atoms with van der Waals surface area (Å²) in [6.45, 7) is 3.33. The minimum Gasteiger partial charge on any atom is -0.359 e. The van der Waals surface area contributed by atoms with Crippen LogP contribution in [0.5, 0.6) is 0 Å². The maximum absolute atomic E-state index is 5.91. The van der Waals surface area contributed by atoms with Crippen molar-refractivity contribution in [1.82, 2.24) is 0 Å². The van der Waals surface area contributed by atoms with Crippen molar-refractivity contribution in [2.75, 3.05) is 20.5 Å². The number of benzene rings is 1. The van der Waals surface area contributed by atoms with E-state index in [2.05, 4.69) is 31.2 Å². The van der Waals surface area contributed by atoms with Crippen molar-refractivity contribution in [3.63, 3.8) is 0 Å². The minimum atomic E-state index is -0.172. The summed E-state index contributed by atoms with van der Waals surface area (Å²) in [5.74, 6) is 0. The van der Waals surface area contributed by atoms with Gasteiger partial charge in [0.15, 0.2) is 6.29 Å². The van der Waals surface area contributed by atoms with Crippen LogP contribution < -0.4 is 0 Å². The molecule has 1 unspecified atom stereocenters. The predicted octanol–water partition coefficient (Wildman–Crippen LogP) is 5.72. The van der Waals surface area contributed by atoms with Gasteiger partial charge in [0.05, 0.1) is 0 Å². The van der Waals surface area contributed by atoms with Crippen LogP contribution in [0.25, 0.3) is 0 Å². The molecule has 1 aromatic carbocycles. The lowest BCUT2D eigenvalue weighted by molar-refractivity contribution is -0.191. The van der Waals surface area contributed by atoms with Gasteiger partial charge in [-0.15, -0.1) is 0 Å². The summed E-state index contributed by atoms with van der Waals surface area (Å²) < 4.78 is 16.6. The summed E-state index contributed by atoms with van der Waals surface area (Å²) in [4.78, 5) is 0. The molecule has 0 aromatic heterocycles. The molecule has 0 spiro atoms. The van der Waals surface area contributed by atoms with Gasteiger partial charge in [-0.05, 0) is 18.4 Å². The Hall–Kier alpha value is -0.900. The third-order valence-electron chi connectivity index (χ3n) is 4.18. The number of rotatable bonds is 16. The minimum absolute atomic E-state index is 0.172. The van der Waals surface area contributed by atoms with Crippen molar-refractivity contribution in [1.29, 1.82) is 0 Å². The van der Waals surface area contributed by atoms with Crippen LogP contribution in [0, 0.1) is 0 Å². The third kappa shape index (κ3) is 11.6. The van der Waals surface area contributed by atoms with Gasteiger partial charge in [0, 0.05) is 20.1 Å². The van der Waals surface area contributed by atoms with Crippen LogP contribution in [0.2, 0.25) is 0 Å². The average molecular weight is 337 g/mol. The van der Waals surface area contributed by atoms with Crippen LogP contribution in [-0.4, -0.2) is 26.8 Å². The molecule has 0 aliphatic heterocycles. The lowest BCUT2D eigenvalue weighted by atomic mass is 10.1. The Bertz CT molecular complexity index is 367. The number of unbranched alkanes of at least 4 members (excludes halogenated alkanes) is 7. The van der Waals surface area contributed by atoms with Gasteiger partial charge in [-0.1, -0.05) is 82.2 Å². The fraction of sp³-hybridized carbons (Fsp3) is 0.714. The van der Waals surface area contributed by atoms with E-state index in [9.17, 15) is 0 Å². The molecule has 0 fully saturated rings. The van der Waals surface area contributed by atoms with Gasteiger partial charge in [-0.25, -0.2) is 0 Å². The van der Waals surface area contributed by atoms with Gasteiger partial charge in [0.2, 0.25) is 0 Å². The van der Waals surface area contributed by atoms with Crippen molar-refractivity contribution in [3.8, 4) is 0 Å². The highest BCUT2D eigenvalue weighted by Gasteiger charge is 2.09. The molecule has 0 amide bonds. The van der Waals surface area contributed by atoms with E-state index in [1.165, 1.54) is 50.5 Å². The van der Waals surface area contributed by atoms with Crippen molar-refractivity contribution in [2.45, 2.75) is 77.4 Å². The van der Waals surface area contributed by atoms with Crippen LogP contribution in [0.15, 0.2) is 30.3 Å². The van der Waals surface area contributed by atoms with Crippen LogP contribution in [0.3, 0.4) is 0 Å². The van der Waals surface area contributed by atoms with Gasteiger partial charge in [-0.3, -0.25) is 0 Å². The summed E-state index contributed by atoms with van der Waals surface area (Å²) in [6.07, 6.45) is 12.2. The first-order valence-electron chi connectivity index (χ1n) is 9.63. The number of hydrogen-bond donors (Lipinski definition) is 0. The summed E-state index contributed by atoms with van der Waals surface area (Å²) in [6, 6.07) is 10.5. The molecule has 24 heavy (non-hydrogen) atoms. The Labute approximate surface area is 148 Å². The van der Waals surface area contributed by atoms with Gasteiger partial charge in [0.25, 0.3) is 0 Å². The van der Waals surface area contributed by atoms with E-state index in [1.54, 1.807) is 7.11 Å². The fourth-order valence-electron chi connectivity index (χ4n) is 2.74. The predicted molar refractivity (Wildman–Crippen MR) is 100 cm³/mol. The first kappa shape index (κ1) is 21.1. The van der Waals surface area contributed by atoms with Gasteiger partial charge in [0.1, 0.15) is 6.79 Å². The van der Waals surface area contributed by atoms with Crippen LogP contribution in [-0.2, 0) is 20.6 Å². The smallest absolute Gasteiger partial charge is 0.160 e. The van der Waals surface area contributed by atoms with Gasteiger partial charge < -0.3 is 14.2 Å². The Morgan fingerprint density at radius 2 is 1.50 bits per heavy atom. The molecule has 0 saturated carbocycles. The Morgan fingerprint density at radius 3 is 2.17 bits per heavy atom. The first-order valence-corrected chi connectivity index (χ1v) is 9.63. The van der Waals surface area contributed by atoms with Crippen LogP contribution >= 0.6 is 0 Å². The van der Waals surface area contributed by atoms with Crippen molar-refractivity contribution >= 4 is 0 Å². The molecular weight excluding hydrogens is 300 g/mol. The second-order valence-electron chi connectivity index (χ2n) is 6.37. The molecule has 0 aliphatic carbocycles. The van der Waals surface area contributed by atoms with Crippen molar-refractivity contribution < 1.29 is 14.2 Å². The summed E-state index contributed by atoms with van der Waals surface area (Å²) in [5, 5.41) is 0. The van der Waals surface area contributed by atoms with Gasteiger partial charge >= 0.3 is 0 Å². The lowest BCUT2D eigenvalue weighted by Crippen LogP contribution is -2.20. The second kappa shape index (κ2) is 15.6.